The fourth-order valence-electron chi connectivity index (χ4n) is 3.23. The third-order valence-electron chi connectivity index (χ3n) is 4.53. The van der Waals surface area contributed by atoms with Crippen molar-refractivity contribution < 1.29 is 20.1 Å². The van der Waals surface area contributed by atoms with Crippen molar-refractivity contribution in [1.82, 2.24) is 0 Å². The zero-order valence-corrected chi connectivity index (χ0v) is 15.8. The number of phenols is 1. The molecular formula is C22H27NO4. The molecule has 0 spiro atoms. The van der Waals surface area contributed by atoms with Gasteiger partial charge in [-0.3, -0.25) is 0 Å². The third kappa shape index (κ3) is 5.54. The highest BCUT2D eigenvalue weighted by Crippen LogP contribution is 2.32. The van der Waals surface area contributed by atoms with Gasteiger partial charge in [-0.15, -0.1) is 0 Å². The molecule has 3 N–H and O–H groups in total. The summed E-state index contributed by atoms with van der Waals surface area (Å²) in [6, 6.07) is 14.6. The molecule has 5 heteroatoms. The molecule has 1 fully saturated rings. The second kappa shape index (κ2) is 10.1. The highest BCUT2D eigenvalue weighted by Gasteiger charge is 2.29. The summed E-state index contributed by atoms with van der Waals surface area (Å²) in [5.41, 5.74) is 3.34. The zero-order valence-electron chi connectivity index (χ0n) is 15.8. The van der Waals surface area contributed by atoms with E-state index in [4.69, 9.17) is 4.74 Å². The number of rotatable bonds is 4. The summed E-state index contributed by atoms with van der Waals surface area (Å²) in [5, 5.41) is 38.1. The quantitative estimate of drug-likeness (QED) is 0.767. The average molecular weight is 369 g/mol. The maximum Gasteiger partial charge on any atom is 0.115 e. The van der Waals surface area contributed by atoms with Gasteiger partial charge in [0.05, 0.1) is 36.6 Å². The van der Waals surface area contributed by atoms with Crippen LogP contribution in [0.4, 0.5) is 0 Å². The predicted octanol–water partition coefficient (Wildman–Crippen LogP) is 3.45. The Labute approximate surface area is 160 Å². The fraction of sp³-hybridized carbons (Fsp3) is 0.409. The number of hydrogen-bond acceptors (Lipinski definition) is 5. The Morgan fingerprint density at radius 3 is 2.44 bits per heavy atom. The minimum absolute atomic E-state index is 0.121. The molecule has 3 unspecified atom stereocenters. The van der Waals surface area contributed by atoms with Crippen LogP contribution in [-0.2, 0) is 11.2 Å². The smallest absolute Gasteiger partial charge is 0.115 e. The summed E-state index contributed by atoms with van der Waals surface area (Å²) in [5.74, 6) is 0.206. The molecule has 2 aromatic rings. The predicted molar refractivity (Wildman–Crippen MR) is 103 cm³/mol. The summed E-state index contributed by atoms with van der Waals surface area (Å²) in [4.78, 5) is 0. The van der Waals surface area contributed by atoms with Crippen molar-refractivity contribution >= 4 is 0 Å². The molecule has 144 valence electrons. The van der Waals surface area contributed by atoms with Crippen LogP contribution < -0.4 is 0 Å². The summed E-state index contributed by atoms with van der Waals surface area (Å²) >= 11 is 0. The molecule has 1 saturated heterocycles. The number of hydrogen-bond donors (Lipinski definition) is 3. The number of phenolic OH excluding ortho intramolecular Hbond substituents is 1. The number of aromatic hydroxyl groups is 1. The van der Waals surface area contributed by atoms with E-state index in [-0.39, 0.29) is 24.6 Å². The van der Waals surface area contributed by atoms with Crippen LogP contribution >= 0.6 is 0 Å². The van der Waals surface area contributed by atoms with Gasteiger partial charge < -0.3 is 20.1 Å². The monoisotopic (exact) mass is 369 g/mol. The molecule has 27 heavy (non-hydrogen) atoms. The van der Waals surface area contributed by atoms with E-state index in [9.17, 15) is 20.6 Å². The summed E-state index contributed by atoms with van der Waals surface area (Å²) in [7, 11) is 0. The number of nitrogens with zero attached hydrogens (tertiary/aromatic N) is 1. The lowest BCUT2D eigenvalue weighted by molar-refractivity contribution is -0.113. The molecule has 0 saturated carbocycles. The van der Waals surface area contributed by atoms with E-state index in [0.717, 1.165) is 16.7 Å². The lowest BCUT2D eigenvalue weighted by Crippen LogP contribution is -2.33. The molecule has 0 aliphatic carbocycles. The molecule has 3 atom stereocenters. The number of aliphatic hydroxyl groups excluding tert-OH is 2. The second-order valence-corrected chi connectivity index (χ2v) is 6.43. The second-order valence-electron chi connectivity index (χ2n) is 6.43. The maximum absolute atomic E-state index is 10.0. The van der Waals surface area contributed by atoms with Gasteiger partial charge in [0.15, 0.2) is 0 Å². The highest BCUT2D eigenvalue weighted by molar-refractivity contribution is 5.44. The first-order valence-corrected chi connectivity index (χ1v) is 9.34. The molecule has 0 radical (unpaired) electrons. The molecule has 1 aliphatic heterocycles. The Morgan fingerprint density at radius 1 is 1.11 bits per heavy atom. The van der Waals surface area contributed by atoms with Crippen LogP contribution in [0.2, 0.25) is 0 Å². The molecule has 0 bridgehead atoms. The van der Waals surface area contributed by atoms with Gasteiger partial charge in [0, 0.05) is 12.8 Å². The molecular weight excluding hydrogens is 342 g/mol. The molecule has 1 heterocycles. The average Bonchev–Trinajstić information content (AvgIpc) is 2.70. The SMILES string of the molecule is CC.N#Cc1ccc(C2CC(O)CC(CO)O2)cc1Cc1ccc(O)cc1. The van der Waals surface area contributed by atoms with Crippen LogP contribution in [0.25, 0.3) is 0 Å². The van der Waals surface area contributed by atoms with Gasteiger partial charge in [-0.2, -0.15) is 5.26 Å². The van der Waals surface area contributed by atoms with E-state index < -0.39 is 6.10 Å². The van der Waals surface area contributed by atoms with Gasteiger partial charge in [0.25, 0.3) is 0 Å². The minimum Gasteiger partial charge on any atom is -0.508 e. The van der Waals surface area contributed by atoms with Crippen LogP contribution in [0, 0.1) is 11.3 Å². The van der Waals surface area contributed by atoms with Crippen molar-refractivity contribution in [2.75, 3.05) is 6.61 Å². The Hall–Kier alpha value is -2.39. The zero-order chi connectivity index (χ0) is 19.8. The van der Waals surface area contributed by atoms with E-state index in [1.807, 2.05) is 38.1 Å². The van der Waals surface area contributed by atoms with Crippen molar-refractivity contribution in [3.05, 3.63) is 64.7 Å². The van der Waals surface area contributed by atoms with Crippen molar-refractivity contribution in [3.8, 4) is 11.8 Å². The van der Waals surface area contributed by atoms with Gasteiger partial charge in [0.1, 0.15) is 5.75 Å². The first kappa shape index (κ1) is 20.9. The van der Waals surface area contributed by atoms with Gasteiger partial charge in [-0.25, -0.2) is 0 Å². The third-order valence-corrected chi connectivity index (χ3v) is 4.53. The largest absolute Gasteiger partial charge is 0.508 e. The number of aliphatic hydroxyl groups is 2. The Kier molecular flexibility index (Phi) is 7.81. The Morgan fingerprint density at radius 2 is 1.81 bits per heavy atom. The van der Waals surface area contributed by atoms with Crippen molar-refractivity contribution in [3.63, 3.8) is 0 Å². The summed E-state index contributed by atoms with van der Waals surface area (Å²) in [6.07, 6.45) is 0.296. The molecule has 1 aliphatic rings. The molecule has 0 aromatic heterocycles. The summed E-state index contributed by atoms with van der Waals surface area (Å²) in [6.45, 7) is 3.88. The minimum atomic E-state index is -0.507. The maximum atomic E-state index is 10.0. The molecule has 2 aromatic carbocycles. The van der Waals surface area contributed by atoms with Crippen LogP contribution in [0.15, 0.2) is 42.5 Å². The standard InChI is InChI=1S/C20H21NO4.C2H6/c21-11-15-4-3-14(20-10-18(24)9-19(12-22)25-20)8-16(15)7-13-1-5-17(23)6-2-13;1-2/h1-6,8,18-20,22-24H,7,9-10,12H2;1-2H3. The lowest BCUT2D eigenvalue weighted by Gasteiger charge is -2.32. The number of nitriles is 1. The van der Waals surface area contributed by atoms with Crippen LogP contribution in [-0.4, -0.2) is 34.1 Å². The van der Waals surface area contributed by atoms with Gasteiger partial charge in [-0.05, 0) is 41.3 Å². The number of ether oxygens (including phenoxy) is 1. The highest BCUT2D eigenvalue weighted by atomic mass is 16.5. The van der Waals surface area contributed by atoms with Crippen molar-refractivity contribution in [2.24, 2.45) is 0 Å². The molecule has 5 nitrogen and oxygen atoms in total. The normalized spacial score (nSPS) is 21.7. The van der Waals surface area contributed by atoms with Gasteiger partial charge >= 0.3 is 0 Å². The van der Waals surface area contributed by atoms with E-state index in [1.165, 1.54) is 0 Å². The first-order chi connectivity index (χ1) is 13.1. The topological polar surface area (TPSA) is 93.7 Å². The fourth-order valence-corrected chi connectivity index (χ4v) is 3.23. The van der Waals surface area contributed by atoms with Crippen LogP contribution in [0.5, 0.6) is 5.75 Å². The van der Waals surface area contributed by atoms with E-state index in [1.54, 1.807) is 18.2 Å². The Bertz CT molecular complexity index is 767. The van der Waals surface area contributed by atoms with Gasteiger partial charge in [0.2, 0.25) is 0 Å². The van der Waals surface area contributed by atoms with E-state index in [0.29, 0.717) is 24.8 Å². The van der Waals surface area contributed by atoms with Crippen molar-refractivity contribution in [2.45, 2.75) is 51.4 Å². The number of benzene rings is 2. The Balaban J connectivity index is 0.00000126. The van der Waals surface area contributed by atoms with Crippen LogP contribution in [0.1, 0.15) is 55.0 Å². The molecule has 0 amide bonds. The van der Waals surface area contributed by atoms with Crippen molar-refractivity contribution in [1.29, 1.82) is 5.26 Å². The van der Waals surface area contributed by atoms with Gasteiger partial charge in [-0.1, -0.05) is 38.1 Å². The van der Waals surface area contributed by atoms with E-state index in [2.05, 4.69) is 6.07 Å². The van der Waals surface area contributed by atoms with E-state index >= 15 is 0 Å². The molecule has 3 rings (SSSR count). The van der Waals surface area contributed by atoms with Crippen LogP contribution in [0.3, 0.4) is 0 Å². The lowest BCUT2D eigenvalue weighted by atomic mass is 9.92. The first-order valence-electron chi connectivity index (χ1n) is 9.34. The summed E-state index contributed by atoms with van der Waals surface area (Å²) < 4.78 is 5.86.